The van der Waals surface area contributed by atoms with E-state index in [0.29, 0.717) is 20.3 Å². The molecule has 4 N–H and O–H groups in total. The van der Waals surface area contributed by atoms with E-state index in [2.05, 4.69) is 15.4 Å². The molecule has 5 aromatic rings. The number of nitrogens with zero attached hydrogens (tertiary/aromatic N) is 3. The van der Waals surface area contributed by atoms with Crippen molar-refractivity contribution < 1.29 is 41.7 Å². The van der Waals surface area contributed by atoms with Crippen molar-refractivity contribution in [2.24, 2.45) is 5.73 Å². The maximum atomic E-state index is 16.2. The van der Waals surface area contributed by atoms with Gasteiger partial charge in [-0.1, -0.05) is 12.1 Å². The maximum absolute atomic E-state index is 16.2. The molecule has 246 valence electrons. The van der Waals surface area contributed by atoms with Crippen LogP contribution in [0.1, 0.15) is 47.9 Å². The molecule has 3 aromatic heterocycles. The van der Waals surface area contributed by atoms with E-state index < -0.39 is 42.0 Å². The van der Waals surface area contributed by atoms with Crippen molar-refractivity contribution in [3.8, 4) is 22.8 Å². The first kappa shape index (κ1) is 32.2. The zero-order valence-electron chi connectivity index (χ0n) is 25.2. The molecule has 6 rings (SSSR count). The van der Waals surface area contributed by atoms with Crippen LogP contribution in [0.2, 0.25) is 0 Å². The fourth-order valence-electron chi connectivity index (χ4n) is 5.63. The van der Waals surface area contributed by atoms with Gasteiger partial charge in [0.2, 0.25) is 5.91 Å². The van der Waals surface area contributed by atoms with E-state index in [1.54, 1.807) is 18.4 Å². The lowest BCUT2D eigenvalue weighted by Crippen LogP contribution is -2.49. The molecule has 0 unspecified atom stereocenters. The Morgan fingerprint density at radius 3 is 2.68 bits per heavy atom. The van der Waals surface area contributed by atoms with Crippen LogP contribution >= 0.6 is 11.3 Å². The van der Waals surface area contributed by atoms with E-state index in [4.69, 9.17) is 15.2 Å². The number of hydrogen-bond acceptors (Lipinski definition) is 8. The number of carbonyl (C=O) groups is 2. The van der Waals surface area contributed by atoms with Crippen molar-refractivity contribution in [1.82, 2.24) is 20.1 Å². The Morgan fingerprint density at radius 1 is 1.26 bits per heavy atom. The van der Waals surface area contributed by atoms with Crippen molar-refractivity contribution >= 4 is 44.1 Å². The molecular formula is C32H29F4N5O5S. The van der Waals surface area contributed by atoms with Crippen LogP contribution in [0.4, 0.5) is 17.6 Å². The summed E-state index contributed by atoms with van der Waals surface area (Å²) in [5, 5.41) is 20.8. The van der Waals surface area contributed by atoms with Crippen LogP contribution in [0.3, 0.4) is 0 Å². The smallest absolute Gasteiger partial charge is 0.333 e. The predicted molar refractivity (Wildman–Crippen MR) is 166 cm³/mol. The molecule has 0 saturated heterocycles. The second-order valence-corrected chi connectivity index (χ2v) is 12.1. The zero-order valence-corrected chi connectivity index (χ0v) is 26.0. The fourth-order valence-corrected chi connectivity index (χ4v) is 6.59. The van der Waals surface area contributed by atoms with Gasteiger partial charge in [-0.15, -0.1) is 11.3 Å². The number of pyridine rings is 1. The van der Waals surface area contributed by atoms with Gasteiger partial charge < -0.3 is 25.6 Å². The Labute approximate surface area is 269 Å². The number of ether oxygens (including phenoxy) is 2. The third kappa shape index (κ3) is 5.73. The summed E-state index contributed by atoms with van der Waals surface area (Å²) >= 11 is 1.12. The number of aliphatic hydroxyl groups is 1. The number of thiophene rings is 1. The van der Waals surface area contributed by atoms with Gasteiger partial charge in [0.25, 0.3) is 5.91 Å². The third-order valence-corrected chi connectivity index (χ3v) is 9.15. The molecule has 1 saturated carbocycles. The van der Waals surface area contributed by atoms with Gasteiger partial charge in [0, 0.05) is 39.0 Å². The highest BCUT2D eigenvalue weighted by Crippen LogP contribution is 2.54. The molecule has 15 heteroatoms. The molecule has 1 aliphatic rings. The van der Waals surface area contributed by atoms with E-state index in [0.717, 1.165) is 17.5 Å². The van der Waals surface area contributed by atoms with E-state index in [1.807, 2.05) is 0 Å². The van der Waals surface area contributed by atoms with Crippen LogP contribution in [-0.2, 0) is 16.8 Å². The number of rotatable bonds is 12. The molecule has 0 aliphatic heterocycles. The number of alkyl halides is 3. The Bertz CT molecular complexity index is 2030. The van der Waals surface area contributed by atoms with Crippen molar-refractivity contribution in [2.75, 3.05) is 20.3 Å². The number of nitrogens with one attached hydrogen (secondary N) is 1. The van der Waals surface area contributed by atoms with E-state index in [1.165, 1.54) is 37.4 Å². The van der Waals surface area contributed by atoms with Gasteiger partial charge in [-0.2, -0.15) is 13.9 Å². The summed E-state index contributed by atoms with van der Waals surface area (Å²) in [5.41, 5.74) is 1.62. The number of benzene rings is 2. The van der Waals surface area contributed by atoms with Crippen molar-refractivity contribution in [3.05, 3.63) is 70.6 Å². The van der Waals surface area contributed by atoms with Gasteiger partial charge in [-0.25, -0.2) is 18.4 Å². The highest BCUT2D eigenvalue weighted by atomic mass is 32.1. The number of nitrogens with two attached hydrogens (primary N) is 1. The Balaban J connectivity index is 1.43. The molecule has 1 fully saturated rings. The Hall–Kier alpha value is -4.76. The Morgan fingerprint density at radius 2 is 2.02 bits per heavy atom. The minimum atomic E-state index is -2.92. The predicted octanol–water partition coefficient (Wildman–Crippen LogP) is 5.40. The van der Waals surface area contributed by atoms with Gasteiger partial charge in [0.1, 0.15) is 34.2 Å². The number of aromatic nitrogens is 3. The summed E-state index contributed by atoms with van der Waals surface area (Å²) in [5.74, 6) is -1.73. The summed E-state index contributed by atoms with van der Waals surface area (Å²) in [6.45, 7) is -1.70. The number of hydrogen-bond donors (Lipinski definition) is 3. The number of amides is 2. The lowest BCUT2D eigenvalue weighted by atomic mass is 9.88. The molecule has 2 amide bonds. The molecule has 0 bridgehead atoms. The first-order valence-corrected chi connectivity index (χ1v) is 15.4. The van der Waals surface area contributed by atoms with Crippen LogP contribution in [0.15, 0.2) is 48.0 Å². The maximum Gasteiger partial charge on any atom is 0.333 e. The second kappa shape index (κ2) is 12.1. The molecule has 3 heterocycles. The number of halogens is 4. The SMILES string of the molecule is CCOc1c(CC(N)=O)cc([C@@](O)(CNC(=O)c2cc(OC)c3nn(C(F)F)cc3c2)C2(F)CC2)nc1-c1csc2c(F)cccc12. The standard InChI is InChI=1S/C32H29F4N5O5S/c1-3-46-27-16(12-24(37)42)11-23(39-26(27)20-14-47-28-19(20)5-4-6-21(28)33)32(44,31(36)7-8-31)15-38-29(43)17-9-18-13-41(30(34)35)40-25(18)22(10-17)45-2/h4-6,9-11,13-14,30,44H,3,7-8,12,15H2,1-2H3,(H2,37,42)(H,38,43)/t32-/m0/s1. The molecule has 1 aliphatic carbocycles. The van der Waals surface area contributed by atoms with Crippen LogP contribution in [0, 0.1) is 5.82 Å². The second-order valence-electron chi connectivity index (χ2n) is 11.2. The lowest BCUT2D eigenvalue weighted by Gasteiger charge is -2.32. The molecule has 0 spiro atoms. The fraction of sp³-hybridized carbons (Fsp3) is 0.312. The summed E-state index contributed by atoms with van der Waals surface area (Å²) in [7, 11) is 1.29. The topological polar surface area (TPSA) is 142 Å². The molecule has 1 atom stereocenters. The first-order chi connectivity index (χ1) is 22.4. The summed E-state index contributed by atoms with van der Waals surface area (Å²) in [6.07, 6.45) is 0.617. The highest BCUT2D eigenvalue weighted by Gasteiger charge is 2.62. The number of carbonyl (C=O) groups excluding carboxylic acids is 2. The lowest BCUT2D eigenvalue weighted by molar-refractivity contribution is -0.117. The number of methoxy groups -OCH3 is 1. The van der Waals surface area contributed by atoms with Crippen molar-refractivity contribution in [3.63, 3.8) is 0 Å². The van der Waals surface area contributed by atoms with Gasteiger partial charge in [0.15, 0.2) is 5.60 Å². The minimum Gasteiger partial charge on any atom is -0.494 e. The first-order valence-electron chi connectivity index (χ1n) is 14.5. The van der Waals surface area contributed by atoms with Crippen LogP contribution < -0.4 is 20.5 Å². The van der Waals surface area contributed by atoms with E-state index in [9.17, 15) is 27.9 Å². The number of fused-ring (bicyclic) bond motifs is 2. The van der Waals surface area contributed by atoms with E-state index >= 15 is 4.39 Å². The summed E-state index contributed by atoms with van der Waals surface area (Å²) in [4.78, 5) is 30.2. The van der Waals surface area contributed by atoms with Gasteiger partial charge in [0.05, 0.1) is 37.1 Å². The minimum absolute atomic E-state index is 0.0178. The average Bonchev–Trinajstić information content (AvgIpc) is 3.44. The van der Waals surface area contributed by atoms with Gasteiger partial charge in [-0.3, -0.25) is 9.59 Å². The monoisotopic (exact) mass is 671 g/mol. The van der Waals surface area contributed by atoms with Crippen molar-refractivity contribution in [2.45, 2.75) is 44.0 Å². The molecule has 10 nitrogen and oxygen atoms in total. The quantitative estimate of drug-likeness (QED) is 0.151. The zero-order chi connectivity index (χ0) is 33.7. The Kier molecular flexibility index (Phi) is 8.30. The van der Waals surface area contributed by atoms with Crippen molar-refractivity contribution in [1.29, 1.82) is 0 Å². The van der Waals surface area contributed by atoms with Crippen LogP contribution in [0.25, 0.3) is 32.2 Å². The third-order valence-electron chi connectivity index (χ3n) is 8.14. The molecule has 47 heavy (non-hydrogen) atoms. The largest absolute Gasteiger partial charge is 0.494 e. The number of primary amides is 1. The summed E-state index contributed by atoms with van der Waals surface area (Å²) in [6, 6.07) is 8.46. The molecule has 0 radical (unpaired) electrons. The van der Waals surface area contributed by atoms with Gasteiger partial charge in [-0.05, 0) is 44.0 Å². The normalized spacial score (nSPS) is 15.1. The summed E-state index contributed by atoms with van der Waals surface area (Å²) < 4.78 is 69.3. The molecule has 2 aromatic carbocycles. The average molecular weight is 672 g/mol. The van der Waals surface area contributed by atoms with Crippen LogP contribution in [0.5, 0.6) is 11.5 Å². The van der Waals surface area contributed by atoms with E-state index in [-0.39, 0.29) is 70.8 Å². The van der Waals surface area contributed by atoms with Gasteiger partial charge >= 0.3 is 6.55 Å². The molecular weight excluding hydrogens is 642 g/mol. The highest BCUT2D eigenvalue weighted by molar-refractivity contribution is 7.17. The van der Waals surface area contributed by atoms with Crippen LogP contribution in [-0.4, -0.2) is 57.6 Å².